The molecule has 9 heteroatoms. The van der Waals surface area contributed by atoms with E-state index in [-0.39, 0.29) is 30.2 Å². The molecule has 1 heterocycles. The lowest BCUT2D eigenvalue weighted by molar-refractivity contribution is -0.581. The number of ether oxygens (including phenoxy) is 2. The average molecular weight is 418 g/mol. The molecule has 0 saturated carbocycles. The number of nitrogens with zero attached hydrogens (tertiary/aromatic N) is 1. The second kappa shape index (κ2) is 9.64. The predicted molar refractivity (Wildman–Crippen MR) is 108 cm³/mol. The number of likely N-dealkylation sites (N-methyl/N-ethyl adjacent to an activating group) is 1. The van der Waals surface area contributed by atoms with Crippen LogP contribution in [-0.2, 0) is 25.7 Å². The molecule has 1 amide bonds. The van der Waals surface area contributed by atoms with Crippen LogP contribution < -0.4 is 5.32 Å². The van der Waals surface area contributed by atoms with E-state index in [1.165, 1.54) is 5.32 Å². The molecule has 0 saturated heterocycles. The van der Waals surface area contributed by atoms with E-state index in [9.17, 15) is 19.5 Å². The van der Waals surface area contributed by atoms with Gasteiger partial charge in [0.15, 0.2) is 11.5 Å². The van der Waals surface area contributed by atoms with Crippen molar-refractivity contribution >= 4 is 23.6 Å². The van der Waals surface area contributed by atoms with Crippen molar-refractivity contribution in [1.82, 2.24) is 4.90 Å². The number of carbonyl (C=O) groups excluding carboxylic acids is 2. The maximum Gasteiger partial charge on any atom is 0.411 e. The van der Waals surface area contributed by atoms with Gasteiger partial charge in [-0.25, -0.2) is 9.59 Å². The van der Waals surface area contributed by atoms with Gasteiger partial charge in [-0.1, -0.05) is 30.3 Å². The highest BCUT2D eigenvalue weighted by Crippen LogP contribution is 2.22. The minimum atomic E-state index is -1.42. The molecule has 162 valence electrons. The molecule has 0 fully saturated rings. The van der Waals surface area contributed by atoms with E-state index in [0.717, 1.165) is 10.5 Å². The van der Waals surface area contributed by atoms with Crippen molar-refractivity contribution < 1.29 is 34.3 Å². The van der Waals surface area contributed by atoms with Gasteiger partial charge in [-0.3, -0.25) is 9.69 Å². The Kier molecular flexibility index (Phi) is 7.47. The number of carbonyl (C=O) groups is 3. The first-order valence-corrected chi connectivity index (χ1v) is 9.53. The molecule has 1 aliphatic heterocycles. The summed E-state index contributed by atoms with van der Waals surface area (Å²) in [5.74, 6) is -1.84. The summed E-state index contributed by atoms with van der Waals surface area (Å²) in [6, 6.07) is 7.93. The first-order valence-electron chi connectivity index (χ1n) is 9.53. The summed E-state index contributed by atoms with van der Waals surface area (Å²) in [4.78, 5) is 38.1. The van der Waals surface area contributed by atoms with Gasteiger partial charge in [-0.15, -0.1) is 0 Å². The number of Topliss-reactive ketones (excluding diaryl/α,β-unsaturated/α-hetero) is 1. The van der Waals surface area contributed by atoms with Crippen molar-refractivity contribution in [2.75, 3.05) is 20.2 Å². The number of nitrogens with two attached hydrogens (primary N) is 1. The van der Waals surface area contributed by atoms with Crippen molar-refractivity contribution in [2.45, 2.75) is 39.0 Å². The fourth-order valence-electron chi connectivity index (χ4n) is 3.11. The van der Waals surface area contributed by atoms with Gasteiger partial charge in [0.1, 0.15) is 11.2 Å². The maximum atomic E-state index is 12.8. The molecule has 0 aliphatic carbocycles. The number of quaternary nitrogens is 1. The van der Waals surface area contributed by atoms with E-state index in [2.05, 4.69) is 0 Å². The fraction of sp³-hybridized carbons (Fsp3) is 0.429. The Hall–Kier alpha value is -3.04. The number of ketones is 1. The largest absolute Gasteiger partial charge is 0.479 e. The molecule has 4 N–H and O–H groups in total. The van der Waals surface area contributed by atoms with Crippen molar-refractivity contribution in [1.29, 1.82) is 5.41 Å². The molecular formula is C21H28N3O6+. The van der Waals surface area contributed by atoms with Crippen LogP contribution in [0, 0.1) is 5.41 Å². The molecule has 2 rings (SSSR count). The van der Waals surface area contributed by atoms with Crippen molar-refractivity contribution in [3.8, 4) is 0 Å². The van der Waals surface area contributed by atoms with Crippen LogP contribution in [0.25, 0.3) is 0 Å². The van der Waals surface area contributed by atoms with Crippen LogP contribution in [0.15, 0.2) is 41.6 Å². The third kappa shape index (κ3) is 5.74. The zero-order valence-electron chi connectivity index (χ0n) is 17.6. The Bertz CT molecular complexity index is 857. The Morgan fingerprint density at radius 3 is 2.43 bits per heavy atom. The van der Waals surface area contributed by atoms with E-state index in [4.69, 9.17) is 14.9 Å². The smallest absolute Gasteiger partial charge is 0.411 e. The zero-order valence-corrected chi connectivity index (χ0v) is 17.6. The third-order valence-electron chi connectivity index (χ3n) is 4.32. The van der Waals surface area contributed by atoms with Crippen LogP contribution in [0.3, 0.4) is 0 Å². The minimum absolute atomic E-state index is 0.0298. The number of carboxylic acid groups (broad SMARTS) is 1. The minimum Gasteiger partial charge on any atom is -0.479 e. The number of amides is 1. The first-order chi connectivity index (χ1) is 14.0. The summed E-state index contributed by atoms with van der Waals surface area (Å²) in [7, 11) is 1.56. The van der Waals surface area contributed by atoms with Crippen LogP contribution in [0.1, 0.15) is 26.3 Å². The number of aliphatic carboxylic acids is 1. The van der Waals surface area contributed by atoms with Gasteiger partial charge in [-0.2, -0.15) is 0 Å². The van der Waals surface area contributed by atoms with Crippen LogP contribution >= 0.6 is 0 Å². The normalized spacial score (nSPS) is 17.1. The predicted octanol–water partition coefficient (Wildman–Crippen LogP) is 0.943. The molecule has 1 aromatic rings. The van der Waals surface area contributed by atoms with Gasteiger partial charge in [0.05, 0.1) is 32.5 Å². The highest BCUT2D eigenvalue weighted by atomic mass is 16.6. The van der Waals surface area contributed by atoms with Gasteiger partial charge >= 0.3 is 12.1 Å². The van der Waals surface area contributed by atoms with E-state index in [1.54, 1.807) is 27.8 Å². The summed E-state index contributed by atoms with van der Waals surface area (Å²) in [6.07, 6.45) is -0.895. The molecular weight excluding hydrogens is 390 g/mol. The Morgan fingerprint density at radius 2 is 1.90 bits per heavy atom. The van der Waals surface area contributed by atoms with Gasteiger partial charge in [0, 0.05) is 0 Å². The zero-order chi connectivity index (χ0) is 22.5. The fourth-order valence-corrected chi connectivity index (χ4v) is 3.11. The highest BCUT2D eigenvalue weighted by molar-refractivity contribution is 6.24. The molecule has 0 spiro atoms. The van der Waals surface area contributed by atoms with Gasteiger partial charge < -0.3 is 25.3 Å². The molecule has 9 nitrogen and oxygen atoms in total. The molecule has 0 radical (unpaired) electrons. The standard InChI is InChI=1S/C21H27N3O6/c1-21(2,3)30-20(28)24-10-15(25)16(17(23-4)18(24)19(26)27)14(22)12-29-11-13-8-6-5-7-9-13/h5-9,18,22-23H,10-12H2,1-4H3,(H,26,27)/p+1. The SMILES string of the molecule is C[NH2+]C1=C(C(=N)COCc2ccccc2)C(=O)CN(C(=O)OC(C)(C)C)C1C(=O)O. The number of benzene rings is 1. The van der Waals surface area contributed by atoms with E-state index < -0.39 is 36.0 Å². The Morgan fingerprint density at radius 1 is 1.27 bits per heavy atom. The van der Waals surface area contributed by atoms with Gasteiger partial charge in [-0.05, 0) is 26.3 Å². The van der Waals surface area contributed by atoms with Crippen LogP contribution in [-0.4, -0.2) is 65.4 Å². The van der Waals surface area contributed by atoms with Gasteiger partial charge in [0.2, 0.25) is 6.04 Å². The quantitative estimate of drug-likeness (QED) is 0.565. The van der Waals surface area contributed by atoms with Crippen molar-refractivity contribution in [3.63, 3.8) is 0 Å². The number of nitrogens with one attached hydrogen (secondary N) is 1. The Balaban J connectivity index is 2.25. The molecule has 0 bridgehead atoms. The summed E-state index contributed by atoms with van der Waals surface area (Å²) in [5, 5.41) is 19.5. The molecule has 0 aromatic heterocycles. The topological polar surface area (TPSA) is 134 Å². The average Bonchev–Trinajstić information content (AvgIpc) is 2.66. The van der Waals surface area contributed by atoms with E-state index in [1.807, 2.05) is 30.3 Å². The summed E-state index contributed by atoms with van der Waals surface area (Å²) in [6.45, 7) is 4.56. The molecule has 1 atom stereocenters. The molecule has 1 unspecified atom stereocenters. The number of rotatable bonds is 7. The second-order valence-corrected chi connectivity index (χ2v) is 7.85. The monoisotopic (exact) mass is 418 g/mol. The lowest BCUT2D eigenvalue weighted by atomic mass is 9.93. The lowest BCUT2D eigenvalue weighted by Crippen LogP contribution is -2.83. The molecule has 30 heavy (non-hydrogen) atoms. The van der Waals surface area contributed by atoms with Crippen molar-refractivity contribution in [2.24, 2.45) is 0 Å². The summed E-state index contributed by atoms with van der Waals surface area (Å²) in [5.41, 5.74) is -0.00723. The third-order valence-corrected chi connectivity index (χ3v) is 4.32. The van der Waals surface area contributed by atoms with Crippen LogP contribution in [0.5, 0.6) is 0 Å². The number of carboxylic acids is 1. The van der Waals surface area contributed by atoms with E-state index >= 15 is 0 Å². The number of hydrogen-bond acceptors (Lipinski definition) is 6. The summed E-state index contributed by atoms with van der Waals surface area (Å²) < 4.78 is 10.8. The number of hydrogen-bond donors (Lipinski definition) is 3. The first kappa shape index (κ1) is 23.2. The Labute approximate surface area is 175 Å². The van der Waals surface area contributed by atoms with Crippen LogP contribution in [0.4, 0.5) is 4.79 Å². The van der Waals surface area contributed by atoms with Gasteiger partial charge in [0.25, 0.3) is 0 Å². The summed E-state index contributed by atoms with van der Waals surface area (Å²) >= 11 is 0. The van der Waals surface area contributed by atoms with Crippen molar-refractivity contribution in [3.05, 3.63) is 47.2 Å². The van der Waals surface area contributed by atoms with E-state index in [0.29, 0.717) is 0 Å². The molecule has 1 aliphatic rings. The highest BCUT2D eigenvalue weighted by Gasteiger charge is 2.46. The maximum absolute atomic E-state index is 12.8. The van der Waals surface area contributed by atoms with Crippen LogP contribution in [0.2, 0.25) is 0 Å². The lowest BCUT2D eigenvalue weighted by Gasteiger charge is -2.34. The second-order valence-electron chi connectivity index (χ2n) is 7.85. The molecule has 1 aromatic carbocycles.